The first kappa shape index (κ1) is 11.2. The van der Waals surface area contributed by atoms with E-state index in [9.17, 15) is 4.79 Å². The van der Waals surface area contributed by atoms with Crippen LogP contribution in [-0.2, 0) is 0 Å². The number of hydrogen-bond donors (Lipinski definition) is 1. The van der Waals surface area contributed by atoms with E-state index in [0.29, 0.717) is 17.6 Å². The van der Waals surface area contributed by atoms with Crippen molar-refractivity contribution in [3.8, 4) is 5.75 Å². The highest BCUT2D eigenvalue weighted by Crippen LogP contribution is 2.31. The second-order valence-electron chi connectivity index (χ2n) is 4.75. The van der Waals surface area contributed by atoms with E-state index >= 15 is 0 Å². The SMILES string of the molecule is CC1CCCC(C)C1Oc1cn[nH]c(=O)c1. The molecule has 0 spiro atoms. The molecule has 2 unspecified atom stereocenters. The lowest BCUT2D eigenvalue weighted by Gasteiger charge is -2.34. The van der Waals surface area contributed by atoms with E-state index in [1.807, 2.05) is 0 Å². The molecule has 0 bridgehead atoms. The number of hydrogen-bond acceptors (Lipinski definition) is 3. The van der Waals surface area contributed by atoms with E-state index in [-0.39, 0.29) is 11.7 Å². The number of nitrogens with zero attached hydrogens (tertiary/aromatic N) is 1. The van der Waals surface area contributed by atoms with Crippen molar-refractivity contribution in [3.05, 3.63) is 22.6 Å². The first-order chi connectivity index (χ1) is 7.66. The zero-order valence-corrected chi connectivity index (χ0v) is 9.77. The summed E-state index contributed by atoms with van der Waals surface area (Å²) in [4.78, 5) is 11.1. The zero-order valence-electron chi connectivity index (χ0n) is 9.77. The van der Waals surface area contributed by atoms with Crippen LogP contribution in [0.15, 0.2) is 17.1 Å². The van der Waals surface area contributed by atoms with E-state index in [0.717, 1.165) is 0 Å². The summed E-state index contributed by atoms with van der Waals surface area (Å²) < 4.78 is 5.88. The van der Waals surface area contributed by atoms with Crippen LogP contribution in [0.25, 0.3) is 0 Å². The molecule has 1 aromatic heterocycles. The van der Waals surface area contributed by atoms with Gasteiger partial charge in [0.25, 0.3) is 5.56 Å². The first-order valence-corrected chi connectivity index (χ1v) is 5.88. The van der Waals surface area contributed by atoms with Gasteiger partial charge in [0.2, 0.25) is 0 Å². The molecule has 1 aliphatic rings. The van der Waals surface area contributed by atoms with Crippen molar-refractivity contribution in [2.24, 2.45) is 11.8 Å². The van der Waals surface area contributed by atoms with Gasteiger partial charge >= 0.3 is 0 Å². The third-order valence-electron chi connectivity index (χ3n) is 3.35. The molecule has 88 valence electrons. The molecule has 0 amide bonds. The Hall–Kier alpha value is -1.32. The minimum absolute atomic E-state index is 0.206. The monoisotopic (exact) mass is 222 g/mol. The molecule has 0 radical (unpaired) electrons. The Kier molecular flexibility index (Phi) is 3.27. The largest absolute Gasteiger partial charge is 0.488 e. The van der Waals surface area contributed by atoms with Crippen molar-refractivity contribution in [2.75, 3.05) is 0 Å². The van der Waals surface area contributed by atoms with Gasteiger partial charge in [0, 0.05) is 6.07 Å². The number of nitrogens with one attached hydrogen (secondary N) is 1. The molecule has 1 aromatic rings. The van der Waals surface area contributed by atoms with E-state index in [1.54, 1.807) is 6.20 Å². The second-order valence-corrected chi connectivity index (χ2v) is 4.75. The van der Waals surface area contributed by atoms with E-state index < -0.39 is 0 Å². The second kappa shape index (κ2) is 4.68. The Morgan fingerprint density at radius 3 is 2.69 bits per heavy atom. The van der Waals surface area contributed by atoms with E-state index in [1.165, 1.54) is 25.3 Å². The van der Waals surface area contributed by atoms with Crippen molar-refractivity contribution in [1.82, 2.24) is 10.2 Å². The number of H-pyrrole nitrogens is 1. The summed E-state index contributed by atoms with van der Waals surface area (Å²) in [5.41, 5.74) is -0.214. The van der Waals surface area contributed by atoms with E-state index in [4.69, 9.17) is 4.74 Å². The van der Waals surface area contributed by atoms with Gasteiger partial charge in [0.05, 0.1) is 6.20 Å². The molecule has 2 atom stereocenters. The number of aromatic amines is 1. The highest BCUT2D eigenvalue weighted by Gasteiger charge is 2.29. The fourth-order valence-corrected chi connectivity index (χ4v) is 2.46. The van der Waals surface area contributed by atoms with Crippen molar-refractivity contribution in [2.45, 2.75) is 39.2 Å². The molecule has 4 heteroatoms. The quantitative estimate of drug-likeness (QED) is 0.832. The molecule has 0 saturated heterocycles. The summed E-state index contributed by atoms with van der Waals surface area (Å²) in [6.45, 7) is 4.42. The van der Waals surface area contributed by atoms with Crippen LogP contribution in [0.5, 0.6) is 5.75 Å². The lowest BCUT2D eigenvalue weighted by Crippen LogP contribution is -2.35. The van der Waals surface area contributed by atoms with Gasteiger partial charge in [-0.3, -0.25) is 4.79 Å². The minimum Gasteiger partial charge on any atom is -0.488 e. The van der Waals surface area contributed by atoms with Crippen LogP contribution >= 0.6 is 0 Å². The Balaban J connectivity index is 2.10. The molecule has 2 rings (SSSR count). The number of aromatic nitrogens is 2. The minimum atomic E-state index is -0.214. The molecule has 1 N–H and O–H groups in total. The summed E-state index contributed by atoms with van der Waals surface area (Å²) in [6, 6.07) is 1.46. The first-order valence-electron chi connectivity index (χ1n) is 5.88. The molecule has 16 heavy (non-hydrogen) atoms. The summed E-state index contributed by atoms with van der Waals surface area (Å²) in [5, 5.41) is 6.08. The molecule has 4 nitrogen and oxygen atoms in total. The third-order valence-corrected chi connectivity index (χ3v) is 3.35. The van der Waals surface area contributed by atoms with E-state index in [2.05, 4.69) is 24.0 Å². The summed E-state index contributed by atoms with van der Waals surface area (Å²) in [5.74, 6) is 1.67. The molecule has 0 aliphatic heterocycles. The predicted octanol–water partition coefficient (Wildman–Crippen LogP) is 1.97. The average molecular weight is 222 g/mol. The van der Waals surface area contributed by atoms with Crippen molar-refractivity contribution >= 4 is 0 Å². The zero-order chi connectivity index (χ0) is 11.5. The van der Waals surface area contributed by atoms with Gasteiger partial charge in [-0.25, -0.2) is 5.10 Å². The van der Waals surface area contributed by atoms with Crippen molar-refractivity contribution in [1.29, 1.82) is 0 Å². The fourth-order valence-electron chi connectivity index (χ4n) is 2.46. The van der Waals surface area contributed by atoms with Gasteiger partial charge in [-0.15, -0.1) is 0 Å². The molecule has 0 aromatic carbocycles. The van der Waals surface area contributed by atoms with Crippen LogP contribution in [0.3, 0.4) is 0 Å². The normalized spacial score (nSPS) is 30.0. The van der Waals surface area contributed by atoms with Crippen molar-refractivity contribution in [3.63, 3.8) is 0 Å². The van der Waals surface area contributed by atoms with Crippen LogP contribution in [0.2, 0.25) is 0 Å². The molecular weight excluding hydrogens is 204 g/mol. The molecule has 1 fully saturated rings. The highest BCUT2D eigenvalue weighted by atomic mass is 16.5. The van der Waals surface area contributed by atoms with Crippen LogP contribution < -0.4 is 10.3 Å². The lowest BCUT2D eigenvalue weighted by atomic mass is 9.80. The van der Waals surface area contributed by atoms with Gasteiger partial charge in [-0.05, 0) is 24.7 Å². The molecule has 1 saturated carbocycles. The van der Waals surface area contributed by atoms with Crippen molar-refractivity contribution < 1.29 is 4.74 Å². The summed E-state index contributed by atoms with van der Waals surface area (Å²) in [7, 11) is 0. The Labute approximate surface area is 95.0 Å². The van der Waals surface area contributed by atoms with Crippen LogP contribution in [0.4, 0.5) is 0 Å². The topological polar surface area (TPSA) is 55.0 Å². The Bertz CT molecular complexity index is 392. The average Bonchev–Trinajstić information content (AvgIpc) is 2.24. The Morgan fingerprint density at radius 1 is 1.38 bits per heavy atom. The van der Waals surface area contributed by atoms with Gasteiger partial charge in [0.1, 0.15) is 11.9 Å². The summed E-state index contributed by atoms with van der Waals surface area (Å²) in [6.07, 6.45) is 5.44. The molecule has 1 aliphatic carbocycles. The Morgan fingerprint density at radius 2 is 2.06 bits per heavy atom. The van der Waals surface area contributed by atoms with Gasteiger partial charge < -0.3 is 4.74 Å². The molecule has 1 heterocycles. The van der Waals surface area contributed by atoms with Gasteiger partial charge in [-0.2, -0.15) is 5.10 Å². The summed E-state index contributed by atoms with van der Waals surface area (Å²) >= 11 is 0. The number of ether oxygens (including phenoxy) is 1. The highest BCUT2D eigenvalue weighted by molar-refractivity contribution is 5.14. The smallest absolute Gasteiger partial charge is 0.267 e. The maximum absolute atomic E-state index is 11.1. The van der Waals surface area contributed by atoms with Gasteiger partial charge in [0.15, 0.2) is 0 Å². The van der Waals surface area contributed by atoms with Crippen LogP contribution in [0, 0.1) is 11.8 Å². The van der Waals surface area contributed by atoms with Crippen LogP contribution in [0.1, 0.15) is 33.1 Å². The maximum Gasteiger partial charge on any atom is 0.267 e. The maximum atomic E-state index is 11.1. The molecular formula is C12H18N2O2. The third kappa shape index (κ3) is 2.43. The number of rotatable bonds is 2. The standard InChI is InChI=1S/C12H18N2O2/c1-8-4-3-5-9(2)12(8)16-10-6-11(15)14-13-7-10/h6-9,12H,3-5H2,1-2H3,(H,14,15). The van der Waals surface area contributed by atoms with Gasteiger partial charge in [-0.1, -0.05) is 20.3 Å². The lowest BCUT2D eigenvalue weighted by molar-refractivity contribution is 0.0547. The fraction of sp³-hybridized carbons (Fsp3) is 0.667. The predicted molar refractivity (Wildman–Crippen MR) is 61.5 cm³/mol. The van der Waals surface area contributed by atoms with Crippen LogP contribution in [-0.4, -0.2) is 16.3 Å².